The second kappa shape index (κ2) is 13.4. The molecule has 1 aliphatic heterocycles. The Labute approximate surface area is 175 Å². The number of aliphatic imine (C=N–C) groups is 1. The average Bonchev–Trinajstić information content (AvgIpc) is 2.70. The van der Waals surface area contributed by atoms with E-state index < -0.39 is 0 Å². The van der Waals surface area contributed by atoms with Crippen LogP contribution in [0.15, 0.2) is 29.3 Å². The quantitative estimate of drug-likeness (QED) is 0.333. The molecule has 0 radical (unpaired) electrons. The van der Waals surface area contributed by atoms with Gasteiger partial charge in [0.1, 0.15) is 12.4 Å². The summed E-state index contributed by atoms with van der Waals surface area (Å²) >= 11 is 0. The number of hydrogen-bond acceptors (Lipinski definition) is 5. The molecule has 7 nitrogen and oxygen atoms in total. The third kappa shape index (κ3) is 9.47. The molecule has 1 fully saturated rings. The van der Waals surface area contributed by atoms with Crippen LogP contribution in [-0.4, -0.2) is 76.6 Å². The summed E-state index contributed by atoms with van der Waals surface area (Å²) in [6.07, 6.45) is 0.184. The zero-order valence-electron chi connectivity index (χ0n) is 18.4. The van der Waals surface area contributed by atoms with Gasteiger partial charge in [0.25, 0.3) is 0 Å². The number of nitrogens with one attached hydrogen (secondary N) is 2. The highest BCUT2D eigenvalue weighted by Gasteiger charge is 2.21. The highest BCUT2D eigenvalue weighted by Crippen LogP contribution is 2.14. The number of benzene rings is 1. The van der Waals surface area contributed by atoms with E-state index >= 15 is 0 Å². The predicted octanol–water partition coefficient (Wildman–Crippen LogP) is 2.12. The lowest BCUT2D eigenvalue weighted by molar-refractivity contribution is -0.0284. The van der Waals surface area contributed by atoms with E-state index in [1.54, 1.807) is 7.11 Å². The Morgan fingerprint density at radius 3 is 2.93 bits per heavy atom. The summed E-state index contributed by atoms with van der Waals surface area (Å²) in [7, 11) is 1.67. The Bertz CT molecular complexity index is 609. The Balaban J connectivity index is 1.85. The molecule has 29 heavy (non-hydrogen) atoms. The first kappa shape index (κ1) is 23.4. The molecule has 2 rings (SSSR count). The van der Waals surface area contributed by atoms with Crippen molar-refractivity contribution in [3.63, 3.8) is 0 Å². The second-order valence-electron chi connectivity index (χ2n) is 7.71. The van der Waals surface area contributed by atoms with Gasteiger partial charge in [-0.2, -0.15) is 0 Å². The third-order valence-electron chi connectivity index (χ3n) is 4.56. The number of methoxy groups -OCH3 is 1. The Morgan fingerprint density at radius 2 is 2.17 bits per heavy atom. The maximum atomic E-state index is 5.93. The molecule has 1 aromatic carbocycles. The van der Waals surface area contributed by atoms with Crippen LogP contribution >= 0.6 is 0 Å². The molecule has 0 aliphatic carbocycles. The fraction of sp³-hybridized carbons (Fsp3) is 0.682. The van der Waals surface area contributed by atoms with E-state index in [-0.39, 0.29) is 6.10 Å². The van der Waals surface area contributed by atoms with Gasteiger partial charge in [-0.05, 0) is 30.5 Å². The summed E-state index contributed by atoms with van der Waals surface area (Å²) in [4.78, 5) is 7.20. The van der Waals surface area contributed by atoms with Crippen molar-refractivity contribution in [1.29, 1.82) is 0 Å². The highest BCUT2D eigenvalue weighted by atomic mass is 16.5. The molecule has 1 aliphatic rings. The van der Waals surface area contributed by atoms with Crippen LogP contribution in [0.1, 0.15) is 26.3 Å². The van der Waals surface area contributed by atoms with Crippen LogP contribution in [0.3, 0.4) is 0 Å². The van der Waals surface area contributed by atoms with Gasteiger partial charge < -0.3 is 24.8 Å². The van der Waals surface area contributed by atoms with Crippen LogP contribution in [0.5, 0.6) is 5.75 Å². The largest absolute Gasteiger partial charge is 0.491 e. The zero-order chi connectivity index (χ0) is 20.9. The van der Waals surface area contributed by atoms with Crippen molar-refractivity contribution in [2.45, 2.75) is 33.4 Å². The summed E-state index contributed by atoms with van der Waals surface area (Å²) in [5.74, 6) is 2.33. The number of morpholine rings is 1. The van der Waals surface area contributed by atoms with Gasteiger partial charge in [-0.1, -0.05) is 26.0 Å². The molecule has 1 heterocycles. The molecule has 1 atom stereocenters. The van der Waals surface area contributed by atoms with Crippen molar-refractivity contribution < 1.29 is 14.2 Å². The minimum absolute atomic E-state index is 0.184. The summed E-state index contributed by atoms with van der Waals surface area (Å²) in [5.41, 5.74) is 1.11. The maximum Gasteiger partial charge on any atom is 0.191 e. The molecule has 7 heteroatoms. The van der Waals surface area contributed by atoms with Gasteiger partial charge in [0.05, 0.1) is 25.9 Å². The van der Waals surface area contributed by atoms with E-state index in [4.69, 9.17) is 19.2 Å². The fourth-order valence-corrected chi connectivity index (χ4v) is 3.29. The molecule has 0 saturated carbocycles. The van der Waals surface area contributed by atoms with E-state index in [0.29, 0.717) is 25.7 Å². The number of ether oxygens (including phenoxy) is 3. The predicted molar refractivity (Wildman–Crippen MR) is 118 cm³/mol. The number of nitrogens with zero attached hydrogens (tertiary/aromatic N) is 2. The van der Waals surface area contributed by atoms with E-state index in [9.17, 15) is 0 Å². The van der Waals surface area contributed by atoms with Crippen molar-refractivity contribution in [3.05, 3.63) is 29.8 Å². The molecule has 164 valence electrons. The maximum absolute atomic E-state index is 5.93. The lowest BCUT2D eigenvalue weighted by Crippen LogP contribution is -2.50. The summed E-state index contributed by atoms with van der Waals surface area (Å²) in [6.45, 7) is 13.8. The smallest absolute Gasteiger partial charge is 0.191 e. The van der Waals surface area contributed by atoms with Crippen LogP contribution < -0.4 is 15.4 Å². The van der Waals surface area contributed by atoms with Crippen LogP contribution in [-0.2, 0) is 16.0 Å². The SMILES string of the molecule is CCNC(=NCc1cccc(OCCOC)c1)NCC1CN(CC(C)C)CCO1. The second-order valence-corrected chi connectivity index (χ2v) is 7.71. The highest BCUT2D eigenvalue weighted by molar-refractivity contribution is 5.79. The first-order valence-corrected chi connectivity index (χ1v) is 10.7. The third-order valence-corrected chi connectivity index (χ3v) is 4.56. The molecule has 1 unspecified atom stereocenters. The van der Waals surface area contributed by atoms with Crippen molar-refractivity contribution in [3.8, 4) is 5.75 Å². The van der Waals surface area contributed by atoms with E-state index in [1.165, 1.54) is 0 Å². The number of rotatable bonds is 11. The van der Waals surface area contributed by atoms with Gasteiger partial charge >= 0.3 is 0 Å². The fourth-order valence-electron chi connectivity index (χ4n) is 3.29. The van der Waals surface area contributed by atoms with Crippen LogP contribution in [0.4, 0.5) is 0 Å². The number of guanidine groups is 1. The molecule has 0 bridgehead atoms. The lowest BCUT2D eigenvalue weighted by Gasteiger charge is -2.34. The van der Waals surface area contributed by atoms with E-state index in [1.807, 2.05) is 18.2 Å². The molecule has 0 amide bonds. The first-order chi connectivity index (χ1) is 14.1. The van der Waals surface area contributed by atoms with Crippen LogP contribution in [0.25, 0.3) is 0 Å². The summed E-state index contributed by atoms with van der Waals surface area (Å²) < 4.78 is 16.6. The van der Waals surface area contributed by atoms with Crippen molar-refractivity contribution in [2.75, 3.05) is 59.7 Å². The van der Waals surface area contributed by atoms with E-state index in [2.05, 4.69) is 42.4 Å². The molecular weight excluding hydrogens is 368 g/mol. The van der Waals surface area contributed by atoms with Crippen molar-refractivity contribution >= 4 is 5.96 Å². The van der Waals surface area contributed by atoms with Crippen LogP contribution in [0.2, 0.25) is 0 Å². The minimum Gasteiger partial charge on any atom is -0.491 e. The van der Waals surface area contributed by atoms with Gasteiger partial charge in [-0.15, -0.1) is 0 Å². The monoisotopic (exact) mass is 406 g/mol. The summed E-state index contributed by atoms with van der Waals surface area (Å²) in [5, 5.41) is 6.74. The van der Waals surface area contributed by atoms with E-state index in [0.717, 1.165) is 56.6 Å². The molecule has 0 aromatic heterocycles. The molecule has 1 aromatic rings. The number of hydrogen-bond donors (Lipinski definition) is 2. The summed E-state index contributed by atoms with van der Waals surface area (Å²) in [6, 6.07) is 8.03. The first-order valence-electron chi connectivity index (χ1n) is 10.7. The molecule has 0 spiro atoms. The van der Waals surface area contributed by atoms with Gasteiger partial charge in [0.15, 0.2) is 5.96 Å². The van der Waals surface area contributed by atoms with Crippen molar-refractivity contribution in [1.82, 2.24) is 15.5 Å². The van der Waals surface area contributed by atoms with Gasteiger partial charge in [0.2, 0.25) is 0 Å². The van der Waals surface area contributed by atoms with Gasteiger partial charge in [-0.25, -0.2) is 4.99 Å². The molecular formula is C22H38N4O3. The lowest BCUT2D eigenvalue weighted by atomic mass is 10.2. The standard InChI is InChI=1S/C22H38N4O3/c1-5-23-22(25-15-21-17-26(9-10-28-21)16-18(2)3)24-14-19-7-6-8-20(13-19)29-12-11-27-4/h6-8,13,18,21H,5,9-12,14-17H2,1-4H3,(H2,23,24,25). The van der Waals surface area contributed by atoms with Gasteiger partial charge in [0, 0.05) is 39.8 Å². The average molecular weight is 407 g/mol. The Hall–Kier alpha value is -1.83. The Kier molecular flexibility index (Phi) is 10.8. The zero-order valence-corrected chi connectivity index (χ0v) is 18.4. The minimum atomic E-state index is 0.184. The molecule has 2 N–H and O–H groups in total. The van der Waals surface area contributed by atoms with Crippen LogP contribution in [0, 0.1) is 5.92 Å². The Morgan fingerprint density at radius 1 is 1.31 bits per heavy atom. The van der Waals surface area contributed by atoms with Gasteiger partial charge in [-0.3, -0.25) is 4.90 Å². The molecule has 1 saturated heterocycles. The van der Waals surface area contributed by atoms with Crippen molar-refractivity contribution in [2.24, 2.45) is 10.9 Å². The topological polar surface area (TPSA) is 67.4 Å². The normalized spacial score (nSPS) is 18.1.